The molecule has 0 fully saturated rings. The van der Waals surface area contributed by atoms with E-state index in [0.717, 1.165) is 22.4 Å². The van der Waals surface area contributed by atoms with Crippen molar-refractivity contribution in [3.8, 4) is 0 Å². The predicted molar refractivity (Wildman–Crippen MR) is 111 cm³/mol. The highest BCUT2D eigenvalue weighted by molar-refractivity contribution is 7.92. The summed E-state index contributed by atoms with van der Waals surface area (Å²) in [6.07, 6.45) is 5.79. The van der Waals surface area contributed by atoms with E-state index in [-0.39, 0.29) is 4.90 Å². The fourth-order valence-electron chi connectivity index (χ4n) is 2.58. The summed E-state index contributed by atoms with van der Waals surface area (Å²) in [5.41, 5.74) is 4.46. The maximum atomic E-state index is 12.5. The third-order valence-electron chi connectivity index (χ3n) is 3.95. The molecule has 0 amide bonds. The molecular weight excluding hydrogens is 344 g/mol. The van der Waals surface area contributed by atoms with Crippen LogP contribution >= 0.6 is 0 Å². The van der Waals surface area contributed by atoms with E-state index < -0.39 is 10.0 Å². The fraction of sp³-hybridized carbons (Fsp3) is 0.143. The Balaban J connectivity index is 2.25. The van der Waals surface area contributed by atoms with Crippen LogP contribution in [0.3, 0.4) is 0 Å². The van der Waals surface area contributed by atoms with Crippen LogP contribution in [0, 0.1) is 0 Å². The summed E-state index contributed by atoms with van der Waals surface area (Å²) >= 11 is 0. The van der Waals surface area contributed by atoms with Crippen molar-refractivity contribution >= 4 is 27.0 Å². The van der Waals surface area contributed by atoms with Gasteiger partial charge in [0.25, 0.3) is 10.0 Å². The molecule has 0 aliphatic carbocycles. The Morgan fingerprint density at radius 1 is 1.00 bits per heavy atom. The lowest BCUT2D eigenvalue weighted by Crippen LogP contribution is -2.12. The minimum atomic E-state index is -3.62. The molecule has 0 heterocycles. The highest BCUT2D eigenvalue weighted by atomic mass is 32.2. The molecule has 2 N–H and O–H groups in total. The molecule has 26 heavy (non-hydrogen) atoms. The smallest absolute Gasteiger partial charge is 0.261 e. The summed E-state index contributed by atoms with van der Waals surface area (Å²) in [4.78, 5) is 0.219. The molecule has 5 heteroatoms. The van der Waals surface area contributed by atoms with Gasteiger partial charge in [-0.05, 0) is 67.0 Å². The van der Waals surface area contributed by atoms with Gasteiger partial charge in [-0.2, -0.15) is 0 Å². The van der Waals surface area contributed by atoms with E-state index in [9.17, 15) is 8.42 Å². The van der Waals surface area contributed by atoms with Gasteiger partial charge in [-0.3, -0.25) is 4.72 Å². The summed E-state index contributed by atoms with van der Waals surface area (Å²) in [6, 6.07) is 13.9. The van der Waals surface area contributed by atoms with E-state index in [0.29, 0.717) is 5.69 Å². The number of hydrogen-bond acceptors (Lipinski definition) is 3. The van der Waals surface area contributed by atoms with Crippen LogP contribution in [0.5, 0.6) is 0 Å². The van der Waals surface area contributed by atoms with Crippen LogP contribution < -0.4 is 10.0 Å². The molecular formula is C21H24N2O2S. The highest BCUT2D eigenvalue weighted by Gasteiger charge is 2.14. The van der Waals surface area contributed by atoms with Gasteiger partial charge in [0.2, 0.25) is 0 Å². The van der Waals surface area contributed by atoms with Crippen LogP contribution in [-0.4, -0.2) is 15.5 Å². The van der Waals surface area contributed by atoms with Crippen molar-refractivity contribution < 1.29 is 8.42 Å². The number of nitrogens with one attached hydrogen (secondary N) is 2. The number of hydrogen-bond donors (Lipinski definition) is 2. The van der Waals surface area contributed by atoms with Crippen LogP contribution in [-0.2, 0) is 10.0 Å². The van der Waals surface area contributed by atoms with Gasteiger partial charge in [0.05, 0.1) is 4.90 Å². The molecule has 0 unspecified atom stereocenters. The second kappa shape index (κ2) is 8.54. The van der Waals surface area contributed by atoms with E-state index in [1.807, 2.05) is 38.1 Å². The minimum Gasteiger partial charge on any atom is -0.388 e. The lowest BCUT2D eigenvalue weighted by Gasteiger charge is -2.11. The van der Waals surface area contributed by atoms with Crippen molar-refractivity contribution in [2.75, 3.05) is 17.1 Å². The molecule has 0 atom stereocenters. The first-order valence-corrected chi connectivity index (χ1v) is 9.76. The predicted octanol–water partition coefficient (Wildman–Crippen LogP) is 5.06. The van der Waals surface area contributed by atoms with Gasteiger partial charge in [-0.1, -0.05) is 36.9 Å². The van der Waals surface area contributed by atoms with Gasteiger partial charge >= 0.3 is 0 Å². The van der Waals surface area contributed by atoms with Gasteiger partial charge in [0.15, 0.2) is 0 Å². The molecule has 0 saturated heterocycles. The molecule has 2 aromatic rings. The maximum absolute atomic E-state index is 12.5. The Kier molecular flexibility index (Phi) is 6.41. The molecule has 136 valence electrons. The van der Waals surface area contributed by atoms with Crippen LogP contribution in [0.15, 0.2) is 83.8 Å². The van der Waals surface area contributed by atoms with Crippen molar-refractivity contribution in [3.05, 3.63) is 84.5 Å². The highest BCUT2D eigenvalue weighted by Crippen LogP contribution is 2.24. The summed E-state index contributed by atoms with van der Waals surface area (Å²) in [6.45, 7) is 7.85. The second-order valence-electron chi connectivity index (χ2n) is 5.76. The molecule has 0 aliphatic heterocycles. The molecule has 0 bridgehead atoms. The van der Waals surface area contributed by atoms with E-state index in [4.69, 9.17) is 0 Å². The molecule has 0 radical (unpaired) electrons. The number of rotatable bonds is 7. The summed E-state index contributed by atoms with van der Waals surface area (Å²) < 4.78 is 27.6. The van der Waals surface area contributed by atoms with E-state index in [2.05, 4.69) is 16.6 Å². The van der Waals surface area contributed by atoms with Gasteiger partial charge in [-0.25, -0.2) is 8.42 Å². The molecule has 4 nitrogen and oxygen atoms in total. The first-order valence-electron chi connectivity index (χ1n) is 8.28. The van der Waals surface area contributed by atoms with E-state index in [1.165, 1.54) is 0 Å². The number of allylic oxidation sites excluding steroid dienone is 5. The van der Waals surface area contributed by atoms with Crippen molar-refractivity contribution in [2.24, 2.45) is 0 Å². The molecule has 0 spiro atoms. The summed E-state index contributed by atoms with van der Waals surface area (Å²) in [5.74, 6) is 0. The molecule has 0 aromatic heterocycles. The SMILES string of the molecule is C=CC(=C(C)C=CC)c1ccc(NS(=O)(=O)c2ccc(NC)cc2)cc1. The average molecular weight is 369 g/mol. The van der Waals surface area contributed by atoms with Gasteiger partial charge in [0.1, 0.15) is 0 Å². The first-order chi connectivity index (χ1) is 12.4. The van der Waals surface area contributed by atoms with Crippen molar-refractivity contribution in [1.82, 2.24) is 0 Å². The molecule has 0 aliphatic rings. The standard InChI is InChI=1S/C21H24N2O2S/c1-5-7-16(3)21(6-2)17-8-10-19(11-9-17)23-26(24,25)20-14-12-18(22-4)13-15-20/h5-15,22-23H,2H2,1,3-4H3. The monoisotopic (exact) mass is 368 g/mol. The van der Waals surface area contributed by atoms with Crippen molar-refractivity contribution in [3.63, 3.8) is 0 Å². The van der Waals surface area contributed by atoms with Gasteiger partial charge in [0, 0.05) is 18.4 Å². The summed E-state index contributed by atoms with van der Waals surface area (Å²) in [7, 11) is -1.84. The Morgan fingerprint density at radius 3 is 2.08 bits per heavy atom. The normalized spacial score (nSPS) is 12.6. The average Bonchev–Trinajstić information content (AvgIpc) is 2.64. The van der Waals surface area contributed by atoms with Crippen molar-refractivity contribution in [1.29, 1.82) is 0 Å². The van der Waals surface area contributed by atoms with Crippen LogP contribution in [0.2, 0.25) is 0 Å². The zero-order valence-electron chi connectivity index (χ0n) is 15.3. The van der Waals surface area contributed by atoms with E-state index in [1.54, 1.807) is 49.5 Å². The molecule has 0 saturated carbocycles. The Labute approximate surface area is 156 Å². The maximum Gasteiger partial charge on any atom is 0.261 e. The Morgan fingerprint density at radius 2 is 1.58 bits per heavy atom. The van der Waals surface area contributed by atoms with Gasteiger partial charge in [-0.15, -0.1) is 0 Å². The minimum absolute atomic E-state index is 0.219. The number of benzene rings is 2. The topological polar surface area (TPSA) is 58.2 Å². The summed E-state index contributed by atoms with van der Waals surface area (Å²) in [5, 5.41) is 2.96. The van der Waals surface area contributed by atoms with Crippen LogP contribution in [0.1, 0.15) is 19.4 Å². The van der Waals surface area contributed by atoms with Crippen LogP contribution in [0.4, 0.5) is 11.4 Å². The quantitative estimate of drug-likeness (QED) is 0.671. The third kappa shape index (κ3) is 4.64. The van der Waals surface area contributed by atoms with Crippen molar-refractivity contribution in [2.45, 2.75) is 18.7 Å². The Hall–Kier alpha value is -2.79. The van der Waals surface area contributed by atoms with Crippen LogP contribution in [0.25, 0.3) is 5.57 Å². The first kappa shape index (κ1) is 19.5. The lowest BCUT2D eigenvalue weighted by atomic mass is 10.0. The zero-order valence-corrected chi connectivity index (χ0v) is 16.1. The molecule has 2 aromatic carbocycles. The zero-order chi connectivity index (χ0) is 19.2. The Bertz CT molecular complexity index is 923. The number of sulfonamides is 1. The fourth-order valence-corrected chi connectivity index (χ4v) is 3.64. The number of anilines is 2. The largest absolute Gasteiger partial charge is 0.388 e. The van der Waals surface area contributed by atoms with E-state index >= 15 is 0 Å². The molecule has 2 rings (SSSR count). The second-order valence-corrected chi connectivity index (χ2v) is 7.44. The lowest BCUT2D eigenvalue weighted by molar-refractivity contribution is 0.601. The third-order valence-corrected chi connectivity index (χ3v) is 5.34. The van der Waals surface area contributed by atoms with Gasteiger partial charge < -0.3 is 5.32 Å².